The molecule has 0 unspecified atom stereocenters. The van der Waals surface area contributed by atoms with Crippen LogP contribution in [-0.2, 0) is 0 Å². The molecule has 16 heteroatoms. The van der Waals surface area contributed by atoms with Gasteiger partial charge in [-0.25, -0.2) is 49.7 Å². The first-order chi connectivity index (χ1) is 26.7. The van der Waals surface area contributed by atoms with Gasteiger partial charge in [-0.2, -0.15) is 26.3 Å². The smallest absolute Gasteiger partial charge is 0.238 e. The zero-order valence-electron chi connectivity index (χ0n) is 27.2. The van der Waals surface area contributed by atoms with Gasteiger partial charge in [-0.1, -0.05) is 6.07 Å². The van der Waals surface area contributed by atoms with E-state index in [9.17, 15) is 21.0 Å². The van der Waals surface area contributed by atoms with E-state index >= 15 is 35.1 Å². The van der Waals surface area contributed by atoms with Crippen LogP contribution < -0.4 is 10.4 Å². The Labute approximate surface area is 309 Å². The minimum absolute atomic E-state index is 0.261. The quantitative estimate of drug-likeness (QED) is 0.103. The van der Waals surface area contributed by atoms with Crippen molar-refractivity contribution < 1.29 is 35.1 Å². The van der Waals surface area contributed by atoms with Gasteiger partial charge in [0.25, 0.3) is 5.69 Å². The molecule has 5 aromatic carbocycles. The third kappa shape index (κ3) is 6.21. The van der Waals surface area contributed by atoms with Crippen LogP contribution in [0, 0.1) is 123 Å². The van der Waals surface area contributed by atoms with Crippen LogP contribution in [0.15, 0.2) is 48.5 Å². The summed E-state index contributed by atoms with van der Waals surface area (Å²) in [6.07, 6.45) is 0. The Hall–Kier alpha value is -8.80. The second-order valence-corrected chi connectivity index (χ2v) is 11.1. The molecule has 5 aromatic rings. The van der Waals surface area contributed by atoms with Crippen LogP contribution in [-0.4, -0.2) is 0 Å². The lowest BCUT2D eigenvalue weighted by atomic mass is 9.89. The van der Waals surface area contributed by atoms with Gasteiger partial charge in [0.1, 0.15) is 17.7 Å². The van der Waals surface area contributed by atoms with Crippen LogP contribution in [0.1, 0.15) is 33.4 Å². The van der Waals surface area contributed by atoms with Crippen molar-refractivity contribution in [1.29, 1.82) is 26.3 Å². The summed E-state index contributed by atoms with van der Waals surface area (Å²) in [4.78, 5) is 8.77. The molecule has 0 spiro atoms. The Morgan fingerprint density at radius 2 is 0.946 bits per heavy atom. The average molecular weight is 753 g/mol. The van der Waals surface area contributed by atoms with E-state index < -0.39 is 102 Å². The van der Waals surface area contributed by atoms with Gasteiger partial charge in [-0.3, -0.25) is 0 Å². The maximum Gasteiger partial charge on any atom is 0.262 e. The summed E-state index contributed by atoms with van der Waals surface area (Å²) in [6, 6.07) is 15.4. The van der Waals surface area contributed by atoms with Gasteiger partial charge >= 0.3 is 0 Å². The van der Waals surface area contributed by atoms with Gasteiger partial charge in [0.05, 0.1) is 65.8 Å². The maximum atomic E-state index is 15.6. The monoisotopic (exact) mass is 752 g/mol. The summed E-state index contributed by atoms with van der Waals surface area (Å²) in [5.74, 6) is -17.7. The lowest BCUT2D eigenvalue weighted by Crippen LogP contribution is -2.22. The second kappa shape index (κ2) is 15.0. The fourth-order valence-corrected chi connectivity index (χ4v) is 5.67. The highest BCUT2D eigenvalue weighted by molar-refractivity contribution is 5.87. The Bertz CT molecular complexity index is 2780. The summed E-state index contributed by atoms with van der Waals surface area (Å²) in [7, 11) is 0. The number of nitrogens with zero attached hydrogens (tertiary/aromatic N) is 8. The molecule has 0 atom stereocenters. The van der Waals surface area contributed by atoms with Crippen molar-refractivity contribution in [2.45, 2.75) is 0 Å². The molecule has 8 nitrogen and oxygen atoms in total. The molecule has 0 aromatic heterocycles. The summed E-state index contributed by atoms with van der Waals surface area (Å²) in [5, 5.41) is 47.2. The number of benzene rings is 5. The topological polar surface area (TPSA) is 132 Å². The minimum atomic E-state index is -2.23. The van der Waals surface area contributed by atoms with E-state index in [1.165, 1.54) is 6.07 Å². The normalized spacial score (nSPS) is 11.3. The molecule has 0 amide bonds. The van der Waals surface area contributed by atoms with Crippen LogP contribution >= 0.6 is 0 Å². The molecule has 264 valence electrons. The van der Waals surface area contributed by atoms with E-state index in [1.807, 2.05) is 0 Å². The first-order valence-corrected chi connectivity index (χ1v) is 14.8. The number of halogens is 8. The number of hydrogen-bond donors (Lipinski definition) is 0. The van der Waals surface area contributed by atoms with E-state index in [1.54, 1.807) is 18.2 Å². The second-order valence-electron chi connectivity index (χ2n) is 11.1. The zero-order chi connectivity index (χ0) is 41.2. The van der Waals surface area contributed by atoms with Crippen LogP contribution in [0.4, 0.5) is 46.5 Å². The molecular formula is C40H8F8N8. The van der Waals surface area contributed by atoms with Gasteiger partial charge in [-0.15, -0.1) is 0 Å². The van der Waals surface area contributed by atoms with Crippen molar-refractivity contribution in [2.24, 2.45) is 0 Å². The molecule has 56 heavy (non-hydrogen) atoms. The van der Waals surface area contributed by atoms with Crippen LogP contribution in [0.3, 0.4) is 0 Å². The zero-order valence-corrected chi connectivity index (χ0v) is 27.2. The molecule has 5 rings (SSSR count). The Kier molecular flexibility index (Phi) is 10.3. The van der Waals surface area contributed by atoms with Crippen molar-refractivity contribution in [3.05, 3.63) is 173 Å². The predicted molar refractivity (Wildman–Crippen MR) is 178 cm³/mol. The van der Waals surface area contributed by atoms with Crippen molar-refractivity contribution in [1.82, 2.24) is 0 Å². The lowest BCUT2D eigenvalue weighted by molar-refractivity contribution is 0.446. The summed E-state index contributed by atoms with van der Waals surface area (Å²) < 4.78 is 123. The van der Waals surface area contributed by atoms with Crippen LogP contribution in [0.2, 0.25) is 0 Å². The fraction of sp³-hybridized carbons (Fsp3) is 0. The third-order valence-corrected chi connectivity index (χ3v) is 8.11. The maximum absolute atomic E-state index is 15.6. The molecular weight excluding hydrogens is 744 g/mol. The van der Waals surface area contributed by atoms with Crippen molar-refractivity contribution >= 4 is 22.6 Å². The molecule has 0 saturated heterocycles. The molecule has 0 radical (unpaired) electrons. The number of hydrogen-bond acceptors (Lipinski definition) is 5. The highest BCUT2D eigenvalue weighted by atomic mass is 19.2. The average Bonchev–Trinajstić information content (AvgIpc) is 3.22. The van der Waals surface area contributed by atoms with Crippen molar-refractivity contribution in [3.63, 3.8) is 0 Å². The number of nitriles is 5. The SMILES string of the molecule is [C-]#[N+]/C(c1c(F)c(F)c(C#N)c(F)c1F)=c1/cc(-c2cc(C#N)cc(C#N)c2)/c(=C(\C#N)c2c(F)c(F)c([N+]#[C-])c(F)c2F)cc1-c1cc(C#N)cc([N+]#[C-])c1. The fourth-order valence-electron chi connectivity index (χ4n) is 5.67. The molecule has 0 aliphatic carbocycles. The summed E-state index contributed by atoms with van der Waals surface area (Å²) in [5.41, 5.74) is -12.1. The van der Waals surface area contributed by atoms with Gasteiger partial charge in [0.2, 0.25) is 5.70 Å². The highest BCUT2D eigenvalue weighted by Gasteiger charge is 2.31. The highest BCUT2D eigenvalue weighted by Crippen LogP contribution is 2.35. The van der Waals surface area contributed by atoms with Gasteiger partial charge in [0.15, 0.2) is 52.2 Å². The first kappa shape index (κ1) is 38.4. The standard InChI is InChI=1S/C40H8F8N8/c1-54-22-8-19(14-51)7-21(9-22)24-10-25(27(15-52)29-33(43)37(47)40(56-3)38(48)34(29)44)23(20-5-17(12-49)4-18(6-20)13-50)11-26(24)39(55-2)30-35(45)31(41)28(16-53)32(42)36(30)46/h4-11H/b27-25+,39-26-. The molecule has 0 N–H and O–H groups in total. The Balaban J connectivity index is 2.25. The molecule has 0 heterocycles. The van der Waals surface area contributed by atoms with Crippen LogP contribution in [0.25, 0.3) is 48.1 Å². The van der Waals surface area contributed by atoms with E-state index in [-0.39, 0.29) is 33.5 Å². The minimum Gasteiger partial charge on any atom is -0.238 e. The molecule has 0 saturated carbocycles. The summed E-state index contributed by atoms with van der Waals surface area (Å²) >= 11 is 0. The van der Waals surface area contributed by atoms with E-state index in [0.717, 1.165) is 54.6 Å². The first-order valence-electron chi connectivity index (χ1n) is 14.8. The van der Waals surface area contributed by atoms with Crippen LogP contribution in [0.5, 0.6) is 0 Å². The van der Waals surface area contributed by atoms with Crippen molar-refractivity contribution in [3.8, 4) is 52.6 Å². The van der Waals surface area contributed by atoms with Gasteiger partial charge in [0, 0.05) is 10.8 Å². The van der Waals surface area contributed by atoms with E-state index in [4.69, 9.17) is 25.0 Å². The Morgan fingerprint density at radius 1 is 0.482 bits per heavy atom. The largest absolute Gasteiger partial charge is 0.262 e. The Morgan fingerprint density at radius 3 is 1.39 bits per heavy atom. The van der Waals surface area contributed by atoms with Crippen molar-refractivity contribution in [2.75, 3.05) is 0 Å². The predicted octanol–water partition coefficient (Wildman–Crippen LogP) is 8.52. The number of rotatable bonds is 4. The molecule has 0 fully saturated rings. The molecule has 0 aliphatic heterocycles. The summed E-state index contributed by atoms with van der Waals surface area (Å²) in [6.45, 7) is 22.4. The lowest BCUT2D eigenvalue weighted by Gasteiger charge is -2.15. The molecule has 0 aliphatic rings. The van der Waals surface area contributed by atoms with Gasteiger partial charge < -0.3 is 0 Å². The van der Waals surface area contributed by atoms with E-state index in [0.29, 0.717) is 0 Å². The molecule has 0 bridgehead atoms. The van der Waals surface area contributed by atoms with E-state index in [2.05, 4.69) is 14.5 Å². The van der Waals surface area contributed by atoms with Gasteiger partial charge in [-0.05, 0) is 69.9 Å². The third-order valence-electron chi connectivity index (χ3n) is 8.11.